The van der Waals surface area contributed by atoms with Crippen LogP contribution in [0.2, 0.25) is 0 Å². The van der Waals surface area contributed by atoms with Crippen molar-refractivity contribution >= 4 is 12.0 Å². The second-order valence-electron chi connectivity index (χ2n) is 5.17. The third-order valence-corrected chi connectivity index (χ3v) is 3.56. The number of hydrogen-bond acceptors (Lipinski definition) is 4. The lowest BCUT2D eigenvalue weighted by Crippen LogP contribution is -2.47. The van der Waals surface area contributed by atoms with Crippen LogP contribution >= 0.6 is 0 Å². The summed E-state index contributed by atoms with van der Waals surface area (Å²) in [5.74, 6) is 0.359. The molecule has 6 heteroatoms. The van der Waals surface area contributed by atoms with Crippen molar-refractivity contribution in [2.75, 3.05) is 26.8 Å². The van der Waals surface area contributed by atoms with Crippen LogP contribution in [-0.2, 0) is 9.53 Å². The van der Waals surface area contributed by atoms with E-state index in [0.29, 0.717) is 31.9 Å². The number of carbonyl (C=O) groups is 2. The fourth-order valence-corrected chi connectivity index (χ4v) is 2.45. The van der Waals surface area contributed by atoms with Crippen molar-refractivity contribution in [3.8, 4) is 5.75 Å². The Hall–Kier alpha value is -2.08. The number of nitrogens with one attached hydrogen (secondary N) is 1. The summed E-state index contributed by atoms with van der Waals surface area (Å²) in [6.07, 6.45) is 1.75. The molecule has 0 spiro atoms. The van der Waals surface area contributed by atoms with Gasteiger partial charge >= 0.3 is 6.09 Å². The van der Waals surface area contributed by atoms with Crippen LogP contribution in [0, 0.1) is 0 Å². The minimum atomic E-state index is -0.472. The van der Waals surface area contributed by atoms with Crippen LogP contribution in [0.25, 0.3) is 0 Å². The number of hydrogen-bond donors (Lipinski definition) is 1. The predicted molar refractivity (Wildman–Crippen MR) is 81.7 cm³/mol. The van der Waals surface area contributed by atoms with Crippen LogP contribution in [0.3, 0.4) is 0 Å². The Balaban J connectivity index is 1.86. The summed E-state index contributed by atoms with van der Waals surface area (Å²) in [4.78, 5) is 25.9. The largest absolute Gasteiger partial charge is 0.415 e. The van der Waals surface area contributed by atoms with Gasteiger partial charge in [-0.2, -0.15) is 0 Å². The topological polar surface area (TPSA) is 67.9 Å². The van der Waals surface area contributed by atoms with Gasteiger partial charge in [-0.25, -0.2) is 4.79 Å². The number of benzene rings is 1. The molecule has 6 nitrogen and oxygen atoms in total. The number of ether oxygens (including phenoxy) is 2. The van der Waals surface area contributed by atoms with Crippen LogP contribution in [-0.4, -0.2) is 49.7 Å². The van der Waals surface area contributed by atoms with Crippen LogP contribution in [0.1, 0.15) is 19.3 Å². The summed E-state index contributed by atoms with van der Waals surface area (Å²) in [5, 5.41) is 2.84. The Morgan fingerprint density at radius 3 is 2.82 bits per heavy atom. The molecule has 2 amide bonds. The Morgan fingerprint density at radius 1 is 1.32 bits per heavy atom. The Kier molecular flexibility index (Phi) is 6.21. The lowest BCUT2D eigenvalue weighted by molar-refractivity contribution is -0.124. The van der Waals surface area contributed by atoms with Crippen LogP contribution in [0.5, 0.6) is 5.75 Å². The van der Waals surface area contributed by atoms with Gasteiger partial charge in [0.2, 0.25) is 5.91 Å². The van der Waals surface area contributed by atoms with Gasteiger partial charge in [0.15, 0.2) is 0 Å². The molecule has 0 radical (unpaired) electrons. The molecule has 0 aliphatic carbocycles. The first-order valence-corrected chi connectivity index (χ1v) is 7.52. The molecule has 0 unspecified atom stereocenters. The maximum Gasteiger partial charge on any atom is 0.415 e. The molecule has 120 valence electrons. The first-order chi connectivity index (χ1) is 10.7. The van der Waals surface area contributed by atoms with E-state index in [1.807, 2.05) is 6.07 Å². The molecule has 0 aromatic heterocycles. The maximum absolute atomic E-state index is 12.2. The first kappa shape index (κ1) is 16.3. The fourth-order valence-electron chi connectivity index (χ4n) is 2.45. The number of methoxy groups -OCH3 is 1. The highest BCUT2D eigenvalue weighted by atomic mass is 16.6. The molecule has 1 aromatic rings. The van der Waals surface area contributed by atoms with Crippen LogP contribution < -0.4 is 10.1 Å². The van der Waals surface area contributed by atoms with Crippen molar-refractivity contribution in [3.05, 3.63) is 30.3 Å². The Labute approximate surface area is 130 Å². The second kappa shape index (κ2) is 8.38. The highest BCUT2D eigenvalue weighted by Crippen LogP contribution is 2.20. The van der Waals surface area contributed by atoms with Crippen LogP contribution in [0.15, 0.2) is 30.3 Å². The maximum atomic E-state index is 12.2. The van der Waals surface area contributed by atoms with Gasteiger partial charge in [0.1, 0.15) is 11.8 Å². The minimum absolute atomic E-state index is 0.126. The van der Waals surface area contributed by atoms with Crippen molar-refractivity contribution in [1.29, 1.82) is 0 Å². The smallest absolute Gasteiger partial charge is 0.410 e. The van der Waals surface area contributed by atoms with Gasteiger partial charge in [0.05, 0.1) is 0 Å². The van der Waals surface area contributed by atoms with E-state index in [9.17, 15) is 9.59 Å². The summed E-state index contributed by atoms with van der Waals surface area (Å²) in [7, 11) is 1.63. The van der Waals surface area contributed by atoms with Crippen molar-refractivity contribution in [3.63, 3.8) is 0 Å². The quantitative estimate of drug-likeness (QED) is 0.814. The molecule has 0 bridgehead atoms. The average Bonchev–Trinajstić information content (AvgIpc) is 3.02. The van der Waals surface area contributed by atoms with E-state index >= 15 is 0 Å². The van der Waals surface area contributed by atoms with E-state index in [-0.39, 0.29) is 5.91 Å². The fraction of sp³-hybridized carbons (Fsp3) is 0.500. The van der Waals surface area contributed by atoms with Gasteiger partial charge < -0.3 is 14.8 Å². The molecule has 2 rings (SSSR count). The zero-order valence-corrected chi connectivity index (χ0v) is 12.8. The summed E-state index contributed by atoms with van der Waals surface area (Å²) >= 11 is 0. The molecule has 1 aromatic carbocycles. The molecule has 1 aliphatic heterocycles. The summed E-state index contributed by atoms with van der Waals surface area (Å²) in [6.45, 7) is 1.69. The van der Waals surface area contributed by atoms with Crippen LogP contribution in [0.4, 0.5) is 4.79 Å². The van der Waals surface area contributed by atoms with Crippen molar-refractivity contribution in [2.45, 2.75) is 25.3 Å². The predicted octanol–water partition coefficient (Wildman–Crippen LogP) is 1.80. The Morgan fingerprint density at radius 2 is 2.09 bits per heavy atom. The lowest BCUT2D eigenvalue weighted by atomic mass is 10.2. The Bertz CT molecular complexity index is 492. The summed E-state index contributed by atoms with van der Waals surface area (Å²) in [5.41, 5.74) is 0. The van der Waals surface area contributed by atoms with Crippen molar-refractivity contribution < 1.29 is 19.1 Å². The molecule has 22 heavy (non-hydrogen) atoms. The molecule has 1 fully saturated rings. The van der Waals surface area contributed by atoms with Gasteiger partial charge in [-0.1, -0.05) is 18.2 Å². The normalized spacial score (nSPS) is 17.3. The number of nitrogens with zero attached hydrogens (tertiary/aromatic N) is 1. The average molecular weight is 306 g/mol. The zero-order valence-electron chi connectivity index (χ0n) is 12.8. The third kappa shape index (κ3) is 4.46. The molecule has 0 saturated carbocycles. The van der Waals surface area contributed by atoms with E-state index in [1.54, 1.807) is 31.4 Å². The summed E-state index contributed by atoms with van der Waals surface area (Å²) in [6, 6.07) is 8.43. The number of rotatable bonds is 6. The van der Waals surface area contributed by atoms with Gasteiger partial charge in [-0.05, 0) is 31.4 Å². The highest BCUT2D eigenvalue weighted by molar-refractivity contribution is 5.86. The standard InChI is InChI=1S/C16H22N2O4/c1-21-12-6-10-17-15(19)14-9-5-11-18(14)16(20)22-13-7-3-2-4-8-13/h2-4,7-8,14H,5-6,9-12H2,1H3,(H,17,19)/t14-/m0/s1. The number of carbonyl (C=O) groups excluding carboxylic acids is 2. The first-order valence-electron chi connectivity index (χ1n) is 7.52. The van der Waals surface area contributed by atoms with E-state index in [2.05, 4.69) is 5.32 Å². The third-order valence-electron chi connectivity index (χ3n) is 3.56. The molecule has 1 heterocycles. The summed E-state index contributed by atoms with van der Waals surface area (Å²) < 4.78 is 10.2. The van der Waals surface area contributed by atoms with Gasteiger partial charge in [0.25, 0.3) is 0 Å². The molecule has 1 aliphatic rings. The zero-order chi connectivity index (χ0) is 15.8. The highest BCUT2D eigenvalue weighted by Gasteiger charge is 2.35. The van der Waals surface area contributed by atoms with Crippen molar-refractivity contribution in [2.24, 2.45) is 0 Å². The van der Waals surface area contributed by atoms with E-state index in [1.165, 1.54) is 4.90 Å². The van der Waals surface area contributed by atoms with Gasteiger partial charge in [-0.15, -0.1) is 0 Å². The van der Waals surface area contributed by atoms with Gasteiger partial charge in [-0.3, -0.25) is 9.69 Å². The lowest BCUT2D eigenvalue weighted by Gasteiger charge is -2.23. The van der Waals surface area contributed by atoms with Gasteiger partial charge in [0, 0.05) is 26.8 Å². The number of para-hydroxylation sites is 1. The van der Waals surface area contributed by atoms with Crippen molar-refractivity contribution in [1.82, 2.24) is 10.2 Å². The number of likely N-dealkylation sites (tertiary alicyclic amines) is 1. The van der Waals surface area contributed by atoms with E-state index < -0.39 is 12.1 Å². The minimum Gasteiger partial charge on any atom is -0.410 e. The van der Waals surface area contributed by atoms with E-state index in [4.69, 9.17) is 9.47 Å². The van der Waals surface area contributed by atoms with E-state index in [0.717, 1.165) is 12.8 Å². The molecular weight excluding hydrogens is 284 g/mol. The SMILES string of the molecule is COCCCNC(=O)[C@@H]1CCCN1C(=O)Oc1ccccc1. The monoisotopic (exact) mass is 306 g/mol. The second-order valence-corrected chi connectivity index (χ2v) is 5.17. The molecule has 1 atom stereocenters. The number of amides is 2. The molecule has 1 saturated heterocycles. The molecule has 1 N–H and O–H groups in total. The molecular formula is C16H22N2O4.